The van der Waals surface area contributed by atoms with Gasteiger partial charge in [-0.3, -0.25) is 4.98 Å². The summed E-state index contributed by atoms with van der Waals surface area (Å²) in [7, 11) is 0. The van der Waals surface area contributed by atoms with Crippen molar-refractivity contribution in [2.75, 3.05) is 0 Å². The molecular formula is C20H20F3N3O. The average molecular weight is 375 g/mol. The minimum absolute atomic E-state index is 0.496. The summed E-state index contributed by atoms with van der Waals surface area (Å²) in [5.74, 6) is 0.881. The lowest BCUT2D eigenvalue weighted by Crippen LogP contribution is -2.07. The van der Waals surface area contributed by atoms with Crippen molar-refractivity contribution in [3.8, 4) is 11.3 Å². The molecule has 0 aliphatic carbocycles. The predicted molar refractivity (Wildman–Crippen MR) is 97.2 cm³/mol. The number of carbonyl (C=O) groups is 1. The average Bonchev–Trinajstić information content (AvgIpc) is 3.12. The van der Waals surface area contributed by atoms with Gasteiger partial charge in [0.2, 0.25) is 0 Å². The Bertz CT molecular complexity index is 918. The van der Waals surface area contributed by atoms with Crippen molar-refractivity contribution in [1.82, 2.24) is 15.0 Å². The molecular weight excluding hydrogens is 355 g/mol. The lowest BCUT2D eigenvalue weighted by atomic mass is 10.1. The molecule has 3 rings (SSSR count). The van der Waals surface area contributed by atoms with Crippen molar-refractivity contribution in [3.05, 3.63) is 48.2 Å². The Balaban J connectivity index is 1.67. The standard InChI is InChI=1S/C20H20F3N3O/c21-20(22,23)18-11-14-7-8-15(10-16(14)12-24-18)17-13-25-19(26-17)6-4-2-1-3-5-9-27/h7-13H,1-6H2,(H,25,26). The summed E-state index contributed by atoms with van der Waals surface area (Å²) < 4.78 is 38.3. The number of aldehydes is 1. The second-order valence-electron chi connectivity index (χ2n) is 6.49. The molecule has 2 heterocycles. The number of hydrogen-bond donors (Lipinski definition) is 1. The first-order valence-corrected chi connectivity index (χ1v) is 8.92. The summed E-state index contributed by atoms with van der Waals surface area (Å²) in [5.41, 5.74) is 0.793. The molecule has 0 amide bonds. The van der Waals surface area contributed by atoms with Gasteiger partial charge in [-0.1, -0.05) is 25.0 Å². The van der Waals surface area contributed by atoms with Gasteiger partial charge in [-0.15, -0.1) is 0 Å². The number of aromatic nitrogens is 3. The summed E-state index contributed by atoms with van der Waals surface area (Å²) in [4.78, 5) is 21.4. The molecule has 7 heteroatoms. The third kappa shape index (κ3) is 4.93. The number of pyridine rings is 1. The minimum Gasteiger partial charge on any atom is -0.342 e. The number of fused-ring (bicyclic) bond motifs is 1. The van der Waals surface area contributed by atoms with Crippen molar-refractivity contribution in [2.24, 2.45) is 0 Å². The second kappa shape index (κ2) is 8.33. The number of nitrogens with zero attached hydrogens (tertiary/aromatic N) is 2. The van der Waals surface area contributed by atoms with Crippen LogP contribution in [0.2, 0.25) is 0 Å². The van der Waals surface area contributed by atoms with Gasteiger partial charge in [0.15, 0.2) is 0 Å². The molecule has 0 atom stereocenters. The fourth-order valence-electron chi connectivity index (χ4n) is 2.97. The summed E-state index contributed by atoms with van der Waals surface area (Å²) in [6, 6.07) is 6.30. The molecule has 4 nitrogen and oxygen atoms in total. The van der Waals surface area contributed by atoms with Crippen LogP contribution >= 0.6 is 0 Å². The topological polar surface area (TPSA) is 58.6 Å². The van der Waals surface area contributed by atoms with E-state index in [4.69, 9.17) is 0 Å². The van der Waals surface area contributed by atoms with E-state index in [1.165, 1.54) is 6.20 Å². The van der Waals surface area contributed by atoms with Crippen LogP contribution in [0.3, 0.4) is 0 Å². The normalized spacial score (nSPS) is 11.8. The number of alkyl halides is 3. The van der Waals surface area contributed by atoms with Gasteiger partial charge in [0.1, 0.15) is 17.8 Å². The molecule has 0 spiro atoms. The molecule has 0 aliphatic heterocycles. The fourth-order valence-corrected chi connectivity index (χ4v) is 2.97. The molecule has 1 aromatic carbocycles. The van der Waals surface area contributed by atoms with Gasteiger partial charge in [0.05, 0.1) is 11.9 Å². The van der Waals surface area contributed by atoms with Crippen LogP contribution in [0.15, 0.2) is 36.7 Å². The van der Waals surface area contributed by atoms with Crippen LogP contribution in [0, 0.1) is 0 Å². The molecule has 3 aromatic rings. The van der Waals surface area contributed by atoms with E-state index in [1.807, 2.05) is 0 Å². The third-order valence-electron chi connectivity index (χ3n) is 4.44. The Morgan fingerprint density at radius 1 is 0.963 bits per heavy atom. The highest BCUT2D eigenvalue weighted by atomic mass is 19.4. The number of halogens is 3. The van der Waals surface area contributed by atoms with Crippen LogP contribution in [0.1, 0.15) is 43.6 Å². The number of rotatable bonds is 8. The smallest absolute Gasteiger partial charge is 0.342 e. The van der Waals surface area contributed by atoms with Crippen LogP contribution in [0.4, 0.5) is 13.2 Å². The van der Waals surface area contributed by atoms with Gasteiger partial charge in [-0.05, 0) is 30.4 Å². The number of aromatic amines is 1. The van der Waals surface area contributed by atoms with Gasteiger partial charge < -0.3 is 9.78 Å². The first-order chi connectivity index (χ1) is 13.0. The Labute approximate surface area is 154 Å². The van der Waals surface area contributed by atoms with E-state index >= 15 is 0 Å². The first-order valence-electron chi connectivity index (χ1n) is 8.92. The molecule has 0 bridgehead atoms. The van der Waals surface area contributed by atoms with E-state index in [2.05, 4.69) is 15.0 Å². The molecule has 0 aliphatic rings. The highest BCUT2D eigenvalue weighted by molar-refractivity contribution is 5.86. The molecule has 0 fully saturated rings. The highest BCUT2D eigenvalue weighted by Crippen LogP contribution is 2.30. The maximum Gasteiger partial charge on any atom is 0.433 e. The fraction of sp³-hybridized carbons (Fsp3) is 0.350. The Morgan fingerprint density at radius 2 is 1.78 bits per heavy atom. The lowest BCUT2D eigenvalue weighted by molar-refractivity contribution is -0.141. The third-order valence-corrected chi connectivity index (χ3v) is 4.44. The van der Waals surface area contributed by atoms with E-state index in [1.54, 1.807) is 24.4 Å². The van der Waals surface area contributed by atoms with Crippen LogP contribution in [0.25, 0.3) is 22.0 Å². The zero-order chi connectivity index (χ0) is 19.3. The number of carbonyl (C=O) groups excluding carboxylic acids is 1. The Morgan fingerprint density at radius 3 is 2.56 bits per heavy atom. The van der Waals surface area contributed by atoms with E-state index in [-0.39, 0.29) is 0 Å². The SMILES string of the molecule is O=CCCCCCCc1ncc(-c2ccc3cc(C(F)(F)F)ncc3c2)[nH]1. The van der Waals surface area contributed by atoms with Crippen molar-refractivity contribution < 1.29 is 18.0 Å². The minimum atomic E-state index is -4.45. The van der Waals surface area contributed by atoms with Crippen molar-refractivity contribution >= 4 is 17.1 Å². The molecule has 0 saturated heterocycles. The first kappa shape index (κ1) is 19.1. The van der Waals surface area contributed by atoms with Gasteiger partial charge in [-0.25, -0.2) is 4.98 Å². The molecule has 142 valence electrons. The molecule has 0 unspecified atom stereocenters. The number of imidazole rings is 1. The molecule has 27 heavy (non-hydrogen) atoms. The van der Waals surface area contributed by atoms with E-state index in [9.17, 15) is 18.0 Å². The zero-order valence-corrected chi connectivity index (χ0v) is 14.7. The van der Waals surface area contributed by atoms with Gasteiger partial charge >= 0.3 is 6.18 Å². The number of benzene rings is 1. The van der Waals surface area contributed by atoms with Crippen LogP contribution in [0.5, 0.6) is 0 Å². The summed E-state index contributed by atoms with van der Waals surface area (Å²) >= 11 is 0. The van der Waals surface area contributed by atoms with Crippen molar-refractivity contribution in [2.45, 2.75) is 44.7 Å². The van der Waals surface area contributed by atoms with E-state index < -0.39 is 11.9 Å². The van der Waals surface area contributed by atoms with E-state index in [0.717, 1.165) is 61.5 Å². The maximum atomic E-state index is 12.8. The molecule has 0 radical (unpaired) electrons. The lowest BCUT2D eigenvalue weighted by Gasteiger charge is -2.07. The highest BCUT2D eigenvalue weighted by Gasteiger charge is 2.32. The summed E-state index contributed by atoms with van der Waals surface area (Å²) in [6.45, 7) is 0. The Hall–Kier alpha value is -2.70. The van der Waals surface area contributed by atoms with Crippen LogP contribution < -0.4 is 0 Å². The molecule has 2 aromatic heterocycles. The van der Waals surface area contributed by atoms with Crippen LogP contribution in [-0.4, -0.2) is 21.2 Å². The van der Waals surface area contributed by atoms with Crippen molar-refractivity contribution in [3.63, 3.8) is 0 Å². The van der Waals surface area contributed by atoms with Gasteiger partial charge in [-0.2, -0.15) is 13.2 Å². The van der Waals surface area contributed by atoms with Crippen LogP contribution in [-0.2, 0) is 17.4 Å². The quantitative estimate of drug-likeness (QED) is 0.427. The molecule has 0 saturated carbocycles. The summed E-state index contributed by atoms with van der Waals surface area (Å²) in [5, 5.41) is 1.14. The number of nitrogens with one attached hydrogen (secondary N) is 1. The zero-order valence-electron chi connectivity index (χ0n) is 14.7. The predicted octanol–water partition coefficient (Wildman–Crippen LogP) is 5.34. The van der Waals surface area contributed by atoms with Gasteiger partial charge in [0.25, 0.3) is 0 Å². The number of H-pyrrole nitrogens is 1. The number of unbranched alkanes of at least 4 members (excludes halogenated alkanes) is 4. The molecule has 1 N–H and O–H groups in total. The van der Waals surface area contributed by atoms with Gasteiger partial charge in [0, 0.05) is 30.0 Å². The number of aryl methyl sites for hydroxylation is 1. The monoisotopic (exact) mass is 375 g/mol. The largest absolute Gasteiger partial charge is 0.433 e. The Kier molecular flexibility index (Phi) is 5.88. The van der Waals surface area contributed by atoms with E-state index in [0.29, 0.717) is 17.2 Å². The summed E-state index contributed by atoms with van der Waals surface area (Å²) in [6.07, 6.45) is 4.93. The van der Waals surface area contributed by atoms with Crippen molar-refractivity contribution in [1.29, 1.82) is 0 Å². The number of hydrogen-bond acceptors (Lipinski definition) is 3. The maximum absolute atomic E-state index is 12.8. The second-order valence-corrected chi connectivity index (χ2v) is 6.49.